The van der Waals surface area contributed by atoms with Crippen LogP contribution in [0.4, 0.5) is 0 Å². The first-order valence-corrected chi connectivity index (χ1v) is 8.48. The molecule has 2 aliphatic heterocycles. The van der Waals surface area contributed by atoms with E-state index in [1.54, 1.807) is 12.3 Å². The van der Waals surface area contributed by atoms with Crippen LogP contribution in [-0.4, -0.2) is 21.3 Å². The molecule has 3 nitrogen and oxygen atoms in total. The van der Waals surface area contributed by atoms with Gasteiger partial charge in [0.1, 0.15) is 5.15 Å². The Bertz CT molecular complexity index is 588. The number of halogens is 2. The van der Waals surface area contributed by atoms with Gasteiger partial charge in [0.2, 0.25) is 0 Å². The zero-order chi connectivity index (χ0) is 14.1. The monoisotopic (exact) mass is 343 g/mol. The van der Waals surface area contributed by atoms with Crippen molar-refractivity contribution in [3.63, 3.8) is 0 Å². The van der Waals surface area contributed by atoms with Gasteiger partial charge >= 0.3 is 0 Å². The molecule has 2 aliphatic rings. The van der Waals surface area contributed by atoms with E-state index >= 15 is 0 Å². The van der Waals surface area contributed by atoms with Gasteiger partial charge in [-0.25, -0.2) is 4.98 Å². The van der Waals surface area contributed by atoms with Gasteiger partial charge in [0.15, 0.2) is 5.11 Å². The van der Waals surface area contributed by atoms with E-state index in [-0.39, 0.29) is 17.2 Å². The van der Waals surface area contributed by atoms with E-state index in [4.69, 9.17) is 35.4 Å². The molecular formula is C13H12Cl2N3PS. The van der Waals surface area contributed by atoms with Gasteiger partial charge in [-0.15, -0.1) is 11.6 Å². The number of rotatable bonds is 2. The second-order valence-corrected chi connectivity index (χ2v) is 7.43. The van der Waals surface area contributed by atoms with Crippen molar-refractivity contribution in [3.8, 4) is 0 Å². The minimum absolute atomic E-state index is 0.0554. The summed E-state index contributed by atoms with van der Waals surface area (Å²) in [4.78, 5) is 4.14. The maximum absolute atomic E-state index is 6.08. The van der Waals surface area contributed by atoms with Gasteiger partial charge in [-0.3, -0.25) is 0 Å². The normalized spacial score (nSPS) is 30.0. The molecule has 0 bridgehead atoms. The number of allylic oxidation sites excluding steroid dienone is 1. The number of nitrogens with zero attached hydrogens (tertiary/aromatic N) is 1. The minimum atomic E-state index is 0.0554. The van der Waals surface area contributed by atoms with E-state index < -0.39 is 0 Å². The Balaban J connectivity index is 1.87. The van der Waals surface area contributed by atoms with E-state index in [0.717, 1.165) is 5.56 Å². The average molecular weight is 344 g/mol. The molecule has 0 radical (unpaired) electrons. The molecule has 0 aromatic carbocycles. The van der Waals surface area contributed by atoms with Crippen LogP contribution < -0.4 is 10.6 Å². The topological polar surface area (TPSA) is 37.0 Å². The number of hydrogen-bond donors (Lipinski definition) is 2. The van der Waals surface area contributed by atoms with Crippen LogP contribution in [0.15, 0.2) is 41.9 Å². The molecular weight excluding hydrogens is 332 g/mol. The van der Waals surface area contributed by atoms with Crippen LogP contribution in [0.2, 0.25) is 5.15 Å². The van der Waals surface area contributed by atoms with Crippen LogP contribution in [0.1, 0.15) is 11.6 Å². The molecule has 104 valence electrons. The van der Waals surface area contributed by atoms with Crippen LogP contribution in [0.3, 0.4) is 0 Å². The maximum Gasteiger partial charge on any atom is 0.167 e. The Hall–Kier alpha value is -0.670. The fourth-order valence-corrected chi connectivity index (χ4v) is 3.74. The summed E-state index contributed by atoms with van der Waals surface area (Å²) in [5.74, 6) is 2.18. The second-order valence-electron chi connectivity index (χ2n) is 4.56. The van der Waals surface area contributed by atoms with Gasteiger partial charge in [-0.05, 0) is 29.4 Å². The summed E-state index contributed by atoms with van der Waals surface area (Å²) in [6, 6.07) is 3.91. The van der Waals surface area contributed by atoms with Gasteiger partial charge < -0.3 is 10.6 Å². The van der Waals surface area contributed by atoms with Crippen LogP contribution in [0.5, 0.6) is 0 Å². The summed E-state index contributed by atoms with van der Waals surface area (Å²) in [7, 11) is 0.589. The highest BCUT2D eigenvalue weighted by atomic mass is 35.5. The quantitative estimate of drug-likeness (QED) is 0.374. The van der Waals surface area contributed by atoms with Crippen molar-refractivity contribution in [2.75, 3.05) is 0 Å². The molecule has 0 aliphatic carbocycles. The fourth-order valence-electron chi connectivity index (χ4n) is 2.28. The molecule has 1 aromatic rings. The third-order valence-corrected chi connectivity index (χ3v) is 5.24. The van der Waals surface area contributed by atoms with E-state index in [1.807, 2.05) is 12.1 Å². The molecule has 7 heteroatoms. The molecule has 4 atom stereocenters. The summed E-state index contributed by atoms with van der Waals surface area (Å²) >= 11 is 17.2. The van der Waals surface area contributed by atoms with Crippen LogP contribution in [0, 0.1) is 0 Å². The second kappa shape index (κ2) is 5.98. The van der Waals surface area contributed by atoms with Crippen molar-refractivity contribution in [1.29, 1.82) is 0 Å². The summed E-state index contributed by atoms with van der Waals surface area (Å²) in [6.45, 7) is 0. The Morgan fingerprint density at radius 1 is 1.25 bits per heavy atom. The Morgan fingerprint density at radius 3 is 2.70 bits per heavy atom. The summed E-state index contributed by atoms with van der Waals surface area (Å²) in [6.07, 6.45) is 5.87. The van der Waals surface area contributed by atoms with E-state index in [0.29, 0.717) is 18.8 Å². The van der Waals surface area contributed by atoms with Crippen molar-refractivity contribution in [2.24, 2.45) is 0 Å². The number of pyridine rings is 1. The van der Waals surface area contributed by atoms with Crippen molar-refractivity contribution in [1.82, 2.24) is 15.6 Å². The van der Waals surface area contributed by atoms with Gasteiger partial charge in [0.25, 0.3) is 0 Å². The van der Waals surface area contributed by atoms with E-state index in [9.17, 15) is 0 Å². The lowest BCUT2D eigenvalue weighted by molar-refractivity contribution is 0.595. The van der Waals surface area contributed by atoms with Crippen LogP contribution >= 0.6 is 44.0 Å². The maximum atomic E-state index is 6.08. The standard InChI is InChI=1S/C13H12Cl2N3PS/c14-9-3-1-7(5-16-9)11-12(18-13(20)17-11)8-2-4-10(15)19-6-8/h1-6,10-12,19H,(H2,17,18,20). The zero-order valence-electron chi connectivity index (χ0n) is 10.3. The molecule has 2 N–H and O–H groups in total. The van der Waals surface area contributed by atoms with Crippen LogP contribution in [0.25, 0.3) is 0 Å². The number of nitrogens with one attached hydrogen (secondary N) is 2. The number of thiocarbonyl (C=S) groups is 1. The van der Waals surface area contributed by atoms with Gasteiger partial charge in [0, 0.05) is 6.20 Å². The Morgan fingerprint density at radius 2 is 2.05 bits per heavy atom. The highest BCUT2D eigenvalue weighted by Crippen LogP contribution is 2.36. The first kappa shape index (κ1) is 14.3. The third kappa shape index (κ3) is 2.99. The molecule has 1 aromatic heterocycles. The summed E-state index contributed by atoms with van der Waals surface area (Å²) < 4.78 is 0. The SMILES string of the molecule is S=C1NC(C2=CPC(Cl)C=C2)C(c2ccc(Cl)nc2)N1. The highest BCUT2D eigenvalue weighted by molar-refractivity contribution is 7.80. The van der Waals surface area contributed by atoms with E-state index in [1.165, 1.54) is 5.57 Å². The van der Waals surface area contributed by atoms with Crippen molar-refractivity contribution >= 4 is 49.1 Å². The van der Waals surface area contributed by atoms with Crippen LogP contribution in [-0.2, 0) is 0 Å². The molecule has 4 unspecified atom stereocenters. The average Bonchev–Trinajstić information content (AvgIpc) is 2.82. The zero-order valence-corrected chi connectivity index (χ0v) is 13.6. The molecule has 20 heavy (non-hydrogen) atoms. The number of hydrogen-bond acceptors (Lipinski definition) is 2. The molecule has 1 fully saturated rings. The largest absolute Gasteiger partial charge is 0.353 e. The van der Waals surface area contributed by atoms with Gasteiger partial charge in [0.05, 0.1) is 17.2 Å². The number of alkyl halides is 1. The van der Waals surface area contributed by atoms with Crippen molar-refractivity contribution in [3.05, 3.63) is 52.6 Å². The first-order valence-electron chi connectivity index (χ1n) is 6.10. The molecule has 3 rings (SSSR count). The summed E-state index contributed by atoms with van der Waals surface area (Å²) in [5.41, 5.74) is 2.25. The summed E-state index contributed by atoms with van der Waals surface area (Å²) in [5, 5.41) is 7.83. The van der Waals surface area contributed by atoms with E-state index in [2.05, 4.69) is 27.5 Å². The van der Waals surface area contributed by atoms with Gasteiger partial charge in [-0.1, -0.05) is 44.2 Å². The lowest BCUT2D eigenvalue weighted by Gasteiger charge is -2.22. The molecule has 0 amide bonds. The highest BCUT2D eigenvalue weighted by Gasteiger charge is 2.33. The molecule has 0 saturated carbocycles. The van der Waals surface area contributed by atoms with Gasteiger partial charge in [-0.2, -0.15) is 0 Å². The fraction of sp³-hybridized carbons (Fsp3) is 0.231. The predicted octanol–water partition coefficient (Wildman–Crippen LogP) is 3.32. The van der Waals surface area contributed by atoms with Crippen molar-refractivity contribution in [2.45, 2.75) is 17.2 Å². The third-order valence-electron chi connectivity index (χ3n) is 3.24. The van der Waals surface area contributed by atoms with Crippen molar-refractivity contribution < 1.29 is 0 Å². The predicted molar refractivity (Wildman–Crippen MR) is 89.8 cm³/mol. The smallest absolute Gasteiger partial charge is 0.167 e. The number of aromatic nitrogens is 1. The minimum Gasteiger partial charge on any atom is -0.353 e. The Labute approximate surface area is 134 Å². The molecule has 0 spiro atoms. The first-order chi connectivity index (χ1) is 9.63. The lowest BCUT2D eigenvalue weighted by Crippen LogP contribution is -2.29. The molecule has 1 saturated heterocycles. The Kier molecular flexibility index (Phi) is 4.27. The lowest BCUT2D eigenvalue weighted by atomic mass is 9.96. The molecule has 3 heterocycles.